The van der Waals surface area contributed by atoms with Crippen LogP contribution in [0.3, 0.4) is 0 Å². The first-order valence-electron chi connectivity index (χ1n) is 8.49. The van der Waals surface area contributed by atoms with Crippen LogP contribution in [0.4, 0.5) is 5.82 Å². The average molecular weight is 325 g/mol. The van der Waals surface area contributed by atoms with E-state index in [1.54, 1.807) is 4.68 Å². The van der Waals surface area contributed by atoms with Gasteiger partial charge in [0.1, 0.15) is 17.5 Å². The summed E-state index contributed by atoms with van der Waals surface area (Å²) in [5.74, 6) is 0.713. The Balaban J connectivity index is 2.08. The van der Waals surface area contributed by atoms with E-state index in [1.807, 2.05) is 19.2 Å². The standard InChI is InChI=1S/C18H23N5O/c1-12-16(11-23(22-12)7-8-24)14-9-17(13-5-3-2-4-6-13)21-18(20)15(14)10-19/h9,11,13,24H,2-8H2,1H3,(H2,20,21). The molecule has 2 aromatic heterocycles. The van der Waals surface area contributed by atoms with Crippen LogP contribution in [0.5, 0.6) is 0 Å². The molecule has 3 rings (SSSR count). The topological polar surface area (TPSA) is 101 Å². The normalized spacial score (nSPS) is 15.4. The van der Waals surface area contributed by atoms with Crippen LogP contribution in [0.2, 0.25) is 0 Å². The van der Waals surface area contributed by atoms with Crippen LogP contribution in [0, 0.1) is 18.3 Å². The van der Waals surface area contributed by atoms with E-state index >= 15 is 0 Å². The van der Waals surface area contributed by atoms with Gasteiger partial charge < -0.3 is 10.8 Å². The van der Waals surface area contributed by atoms with Gasteiger partial charge in [-0.2, -0.15) is 10.4 Å². The predicted octanol–water partition coefficient (Wildman–Crippen LogP) is 2.75. The van der Waals surface area contributed by atoms with Crippen molar-refractivity contribution >= 4 is 5.82 Å². The Bertz CT molecular complexity index is 768. The SMILES string of the molecule is Cc1nn(CCO)cc1-c1cc(C2CCCCC2)nc(N)c1C#N. The molecule has 1 fully saturated rings. The molecule has 0 aromatic carbocycles. The van der Waals surface area contributed by atoms with Crippen LogP contribution in [0.15, 0.2) is 12.3 Å². The summed E-state index contributed by atoms with van der Waals surface area (Å²) in [4.78, 5) is 4.51. The lowest BCUT2D eigenvalue weighted by Crippen LogP contribution is -2.09. The molecule has 0 spiro atoms. The molecule has 0 bridgehead atoms. The summed E-state index contributed by atoms with van der Waals surface area (Å²) < 4.78 is 1.70. The number of aliphatic hydroxyl groups excluding tert-OH is 1. The van der Waals surface area contributed by atoms with Gasteiger partial charge in [-0.25, -0.2) is 4.98 Å². The number of nitrogen functional groups attached to an aromatic ring is 1. The Morgan fingerprint density at radius 2 is 2.08 bits per heavy atom. The molecule has 0 atom stereocenters. The minimum Gasteiger partial charge on any atom is -0.394 e. The number of rotatable bonds is 4. The Morgan fingerprint density at radius 1 is 1.33 bits per heavy atom. The second-order valence-corrected chi connectivity index (χ2v) is 6.42. The summed E-state index contributed by atoms with van der Waals surface area (Å²) in [5.41, 5.74) is 9.98. The van der Waals surface area contributed by atoms with Crippen molar-refractivity contribution < 1.29 is 5.11 Å². The van der Waals surface area contributed by atoms with E-state index in [4.69, 9.17) is 10.8 Å². The maximum atomic E-state index is 9.53. The fraction of sp³-hybridized carbons (Fsp3) is 0.500. The van der Waals surface area contributed by atoms with Crippen LogP contribution < -0.4 is 5.73 Å². The van der Waals surface area contributed by atoms with Crippen LogP contribution in [-0.4, -0.2) is 26.5 Å². The van der Waals surface area contributed by atoms with Crippen LogP contribution in [0.25, 0.3) is 11.1 Å². The summed E-state index contributed by atoms with van der Waals surface area (Å²) in [6.07, 6.45) is 7.83. The number of nitrogens with zero attached hydrogens (tertiary/aromatic N) is 4. The third kappa shape index (κ3) is 3.13. The van der Waals surface area contributed by atoms with Crippen molar-refractivity contribution in [2.75, 3.05) is 12.3 Å². The summed E-state index contributed by atoms with van der Waals surface area (Å²) in [6, 6.07) is 4.20. The molecule has 126 valence electrons. The van der Waals surface area contributed by atoms with Crippen molar-refractivity contribution in [3.05, 3.63) is 29.2 Å². The van der Waals surface area contributed by atoms with Crippen molar-refractivity contribution in [2.45, 2.75) is 51.5 Å². The van der Waals surface area contributed by atoms with Gasteiger partial charge in [-0.15, -0.1) is 0 Å². The molecule has 6 nitrogen and oxygen atoms in total. The zero-order valence-electron chi connectivity index (χ0n) is 14.0. The Morgan fingerprint density at radius 3 is 2.75 bits per heavy atom. The number of hydrogen-bond acceptors (Lipinski definition) is 5. The number of aliphatic hydroxyl groups is 1. The van der Waals surface area contributed by atoms with Gasteiger partial charge in [-0.3, -0.25) is 4.68 Å². The van der Waals surface area contributed by atoms with Gasteiger partial charge >= 0.3 is 0 Å². The molecular formula is C18H23N5O. The first-order chi connectivity index (χ1) is 11.6. The van der Waals surface area contributed by atoms with Crippen molar-refractivity contribution in [2.24, 2.45) is 0 Å². The molecule has 0 unspecified atom stereocenters. The fourth-order valence-electron chi connectivity index (χ4n) is 3.52. The largest absolute Gasteiger partial charge is 0.394 e. The number of aryl methyl sites for hydroxylation is 1. The lowest BCUT2D eigenvalue weighted by Gasteiger charge is -2.22. The number of nitrogens with two attached hydrogens (primary N) is 1. The van der Waals surface area contributed by atoms with E-state index in [0.29, 0.717) is 23.8 Å². The molecule has 6 heteroatoms. The van der Waals surface area contributed by atoms with Gasteiger partial charge in [0.15, 0.2) is 0 Å². The van der Waals surface area contributed by atoms with E-state index in [0.717, 1.165) is 35.4 Å². The van der Waals surface area contributed by atoms with Crippen molar-refractivity contribution in [1.29, 1.82) is 5.26 Å². The molecule has 0 amide bonds. The van der Waals surface area contributed by atoms with Crippen molar-refractivity contribution in [3.63, 3.8) is 0 Å². The number of nitriles is 1. The van der Waals surface area contributed by atoms with Gasteiger partial charge in [0, 0.05) is 28.9 Å². The van der Waals surface area contributed by atoms with Gasteiger partial charge in [0.25, 0.3) is 0 Å². The lowest BCUT2D eigenvalue weighted by atomic mass is 9.85. The number of pyridine rings is 1. The van der Waals surface area contributed by atoms with E-state index in [9.17, 15) is 5.26 Å². The molecule has 2 aromatic rings. The zero-order valence-corrected chi connectivity index (χ0v) is 14.0. The molecule has 1 saturated carbocycles. The Labute approximate surface area is 141 Å². The smallest absolute Gasteiger partial charge is 0.142 e. The highest BCUT2D eigenvalue weighted by Gasteiger charge is 2.22. The van der Waals surface area contributed by atoms with E-state index in [1.165, 1.54) is 19.3 Å². The third-order valence-corrected chi connectivity index (χ3v) is 4.77. The highest BCUT2D eigenvalue weighted by atomic mass is 16.3. The average Bonchev–Trinajstić information content (AvgIpc) is 2.95. The summed E-state index contributed by atoms with van der Waals surface area (Å²) in [5, 5.41) is 23.0. The van der Waals surface area contributed by atoms with Gasteiger partial charge in [-0.05, 0) is 25.8 Å². The van der Waals surface area contributed by atoms with E-state index < -0.39 is 0 Å². The molecule has 0 aliphatic heterocycles. The van der Waals surface area contributed by atoms with Gasteiger partial charge in [0.05, 0.1) is 18.8 Å². The quantitative estimate of drug-likeness (QED) is 0.900. The van der Waals surface area contributed by atoms with Crippen LogP contribution >= 0.6 is 0 Å². The van der Waals surface area contributed by atoms with Crippen LogP contribution in [0.1, 0.15) is 55.0 Å². The summed E-state index contributed by atoms with van der Waals surface area (Å²) in [6.45, 7) is 2.36. The molecule has 2 heterocycles. The van der Waals surface area contributed by atoms with E-state index in [2.05, 4.69) is 16.2 Å². The monoisotopic (exact) mass is 325 g/mol. The minimum atomic E-state index is 0.0253. The van der Waals surface area contributed by atoms with Crippen molar-refractivity contribution in [3.8, 4) is 17.2 Å². The molecule has 0 saturated heterocycles. The number of anilines is 1. The number of aromatic nitrogens is 3. The zero-order chi connectivity index (χ0) is 17.1. The molecule has 0 radical (unpaired) electrons. The number of hydrogen-bond donors (Lipinski definition) is 2. The Hall–Kier alpha value is -2.39. The molecule has 24 heavy (non-hydrogen) atoms. The third-order valence-electron chi connectivity index (χ3n) is 4.77. The molecule has 1 aliphatic carbocycles. The first kappa shape index (κ1) is 16.5. The second-order valence-electron chi connectivity index (χ2n) is 6.42. The molecule has 3 N–H and O–H groups in total. The van der Waals surface area contributed by atoms with Gasteiger partial charge in [-0.1, -0.05) is 19.3 Å². The minimum absolute atomic E-state index is 0.0253. The lowest BCUT2D eigenvalue weighted by molar-refractivity contribution is 0.269. The Kier molecular flexibility index (Phi) is 4.81. The molecular weight excluding hydrogens is 302 g/mol. The maximum Gasteiger partial charge on any atom is 0.142 e. The fourth-order valence-corrected chi connectivity index (χ4v) is 3.52. The van der Waals surface area contributed by atoms with Gasteiger partial charge in [0.2, 0.25) is 0 Å². The first-order valence-corrected chi connectivity index (χ1v) is 8.49. The summed E-state index contributed by atoms with van der Waals surface area (Å²) in [7, 11) is 0. The second kappa shape index (κ2) is 7.02. The highest BCUT2D eigenvalue weighted by molar-refractivity contribution is 5.76. The maximum absolute atomic E-state index is 9.53. The van der Waals surface area contributed by atoms with Crippen molar-refractivity contribution in [1.82, 2.24) is 14.8 Å². The van der Waals surface area contributed by atoms with Crippen LogP contribution in [-0.2, 0) is 6.54 Å². The predicted molar refractivity (Wildman–Crippen MR) is 92.2 cm³/mol. The summed E-state index contributed by atoms with van der Waals surface area (Å²) >= 11 is 0. The molecule has 1 aliphatic rings. The highest BCUT2D eigenvalue weighted by Crippen LogP contribution is 2.36. The van der Waals surface area contributed by atoms with E-state index in [-0.39, 0.29) is 6.61 Å².